The van der Waals surface area contributed by atoms with E-state index in [0.29, 0.717) is 5.41 Å². The van der Waals surface area contributed by atoms with Crippen LogP contribution in [0.2, 0.25) is 0 Å². The molecule has 0 unspecified atom stereocenters. The number of rotatable bonds is 2. The molecule has 0 aromatic rings. The zero-order valence-electron chi connectivity index (χ0n) is 6.85. The second-order valence-electron chi connectivity index (χ2n) is 3.51. The Labute approximate surface area is 63.4 Å². The van der Waals surface area contributed by atoms with E-state index in [1.807, 2.05) is 0 Å². The lowest BCUT2D eigenvalue weighted by Crippen LogP contribution is -2.54. The Morgan fingerprint density at radius 3 is 2.60 bits per heavy atom. The zero-order valence-corrected chi connectivity index (χ0v) is 6.85. The molecule has 1 heteroatoms. The highest BCUT2D eigenvalue weighted by Gasteiger charge is 2.35. The molecule has 1 aliphatic rings. The summed E-state index contributed by atoms with van der Waals surface area (Å²) in [6, 6.07) is 0. The quantitative estimate of drug-likeness (QED) is 0.519. The van der Waals surface area contributed by atoms with Crippen LogP contribution in [0, 0.1) is 17.8 Å². The molecule has 0 bridgehead atoms. The first-order valence-corrected chi connectivity index (χ1v) is 3.86. The highest BCUT2D eigenvalue weighted by Crippen LogP contribution is 2.32. The molecule has 0 N–H and O–H groups in total. The van der Waals surface area contributed by atoms with Crippen molar-refractivity contribution in [1.29, 1.82) is 0 Å². The van der Waals surface area contributed by atoms with E-state index in [1.165, 1.54) is 19.5 Å². The summed E-state index contributed by atoms with van der Waals surface area (Å²) in [6.45, 7) is 7.77. The number of likely N-dealkylation sites (tertiary alicyclic amines) is 1. The van der Waals surface area contributed by atoms with Gasteiger partial charge >= 0.3 is 0 Å². The fraction of sp³-hybridized carbons (Fsp3) is 0.778. The van der Waals surface area contributed by atoms with Crippen molar-refractivity contribution in [3.8, 4) is 12.3 Å². The summed E-state index contributed by atoms with van der Waals surface area (Å²) < 4.78 is 0. The number of nitrogens with zero attached hydrogens (tertiary/aromatic N) is 1. The second kappa shape index (κ2) is 2.64. The van der Waals surface area contributed by atoms with Crippen molar-refractivity contribution in [2.45, 2.75) is 20.3 Å². The predicted molar refractivity (Wildman–Crippen MR) is 43.7 cm³/mol. The summed E-state index contributed by atoms with van der Waals surface area (Å²) in [6.07, 6.45) is 6.45. The third-order valence-electron chi connectivity index (χ3n) is 2.38. The van der Waals surface area contributed by atoms with Gasteiger partial charge in [-0.25, -0.2) is 0 Å². The maximum absolute atomic E-state index is 5.18. The number of terminal acetylenes is 1. The van der Waals surface area contributed by atoms with E-state index in [9.17, 15) is 0 Å². The first-order chi connectivity index (χ1) is 4.70. The summed E-state index contributed by atoms with van der Waals surface area (Å²) in [7, 11) is 0. The molecule has 0 aliphatic carbocycles. The van der Waals surface area contributed by atoms with Crippen LogP contribution in [0.15, 0.2) is 0 Å². The van der Waals surface area contributed by atoms with Gasteiger partial charge in [0.2, 0.25) is 0 Å². The molecule has 1 nitrogen and oxygen atoms in total. The van der Waals surface area contributed by atoms with Gasteiger partial charge in [0.1, 0.15) is 0 Å². The molecule has 1 heterocycles. The van der Waals surface area contributed by atoms with Crippen molar-refractivity contribution in [3.63, 3.8) is 0 Å². The number of hydrogen-bond acceptors (Lipinski definition) is 1. The summed E-state index contributed by atoms with van der Waals surface area (Å²) in [5.74, 6) is 2.66. The van der Waals surface area contributed by atoms with E-state index in [4.69, 9.17) is 6.42 Å². The van der Waals surface area contributed by atoms with Crippen LogP contribution in [-0.2, 0) is 0 Å². The van der Waals surface area contributed by atoms with E-state index in [2.05, 4.69) is 24.7 Å². The molecule has 1 rings (SSSR count). The Morgan fingerprint density at radius 1 is 1.60 bits per heavy atom. The smallest absolute Gasteiger partial charge is 0.0599 e. The van der Waals surface area contributed by atoms with Crippen LogP contribution in [0.25, 0.3) is 0 Å². The molecule has 1 saturated heterocycles. The summed E-state index contributed by atoms with van der Waals surface area (Å²) in [5, 5.41) is 0. The summed E-state index contributed by atoms with van der Waals surface area (Å²) in [5.41, 5.74) is 0.566. The van der Waals surface area contributed by atoms with E-state index in [1.54, 1.807) is 0 Å². The highest BCUT2D eigenvalue weighted by atomic mass is 15.2. The second-order valence-corrected chi connectivity index (χ2v) is 3.51. The Bertz CT molecular complexity index is 149. The van der Waals surface area contributed by atoms with Crippen LogP contribution in [-0.4, -0.2) is 24.5 Å². The molecule has 56 valence electrons. The Kier molecular flexibility index (Phi) is 2.01. The van der Waals surface area contributed by atoms with Gasteiger partial charge in [-0.2, -0.15) is 0 Å². The standard InChI is InChI=1S/C9H15N/c1-4-6-10-7-9(3,5-2)8-10/h1H,5-8H2,2-3H3. The molecule has 0 saturated carbocycles. The Morgan fingerprint density at radius 2 is 2.20 bits per heavy atom. The molecule has 0 aromatic carbocycles. The van der Waals surface area contributed by atoms with Crippen molar-refractivity contribution in [2.24, 2.45) is 5.41 Å². The van der Waals surface area contributed by atoms with E-state index in [-0.39, 0.29) is 0 Å². The van der Waals surface area contributed by atoms with Gasteiger partial charge in [-0.15, -0.1) is 6.42 Å². The van der Waals surface area contributed by atoms with E-state index < -0.39 is 0 Å². The first kappa shape index (κ1) is 7.63. The van der Waals surface area contributed by atoms with E-state index >= 15 is 0 Å². The topological polar surface area (TPSA) is 3.24 Å². The van der Waals surface area contributed by atoms with Crippen molar-refractivity contribution < 1.29 is 0 Å². The fourth-order valence-electron chi connectivity index (χ4n) is 1.50. The first-order valence-electron chi connectivity index (χ1n) is 3.86. The van der Waals surface area contributed by atoms with Gasteiger partial charge in [0.25, 0.3) is 0 Å². The van der Waals surface area contributed by atoms with Crippen molar-refractivity contribution in [3.05, 3.63) is 0 Å². The molecule has 1 aliphatic heterocycles. The van der Waals surface area contributed by atoms with E-state index in [0.717, 1.165) is 6.54 Å². The maximum Gasteiger partial charge on any atom is 0.0599 e. The lowest BCUT2D eigenvalue weighted by atomic mass is 9.80. The molecule has 0 radical (unpaired) electrons. The number of hydrogen-bond donors (Lipinski definition) is 0. The van der Waals surface area contributed by atoms with Gasteiger partial charge in [0, 0.05) is 13.1 Å². The van der Waals surface area contributed by atoms with Crippen LogP contribution >= 0.6 is 0 Å². The average Bonchev–Trinajstić information content (AvgIpc) is 1.85. The Hall–Kier alpha value is -0.480. The van der Waals surface area contributed by atoms with Crippen molar-refractivity contribution in [1.82, 2.24) is 4.90 Å². The average molecular weight is 137 g/mol. The van der Waals surface area contributed by atoms with Gasteiger partial charge in [-0.3, -0.25) is 4.90 Å². The zero-order chi connectivity index (χ0) is 7.61. The molecular formula is C9H15N. The third-order valence-corrected chi connectivity index (χ3v) is 2.38. The summed E-state index contributed by atoms with van der Waals surface area (Å²) >= 11 is 0. The normalized spacial score (nSPS) is 23.3. The minimum absolute atomic E-state index is 0.566. The van der Waals surface area contributed by atoms with Gasteiger partial charge in [-0.1, -0.05) is 19.8 Å². The molecule has 1 fully saturated rings. The third kappa shape index (κ3) is 1.33. The molecule has 10 heavy (non-hydrogen) atoms. The highest BCUT2D eigenvalue weighted by molar-refractivity contribution is 4.97. The van der Waals surface area contributed by atoms with Crippen molar-refractivity contribution >= 4 is 0 Å². The van der Waals surface area contributed by atoms with Crippen LogP contribution < -0.4 is 0 Å². The van der Waals surface area contributed by atoms with Crippen LogP contribution in [0.5, 0.6) is 0 Å². The monoisotopic (exact) mass is 137 g/mol. The van der Waals surface area contributed by atoms with Crippen LogP contribution in [0.1, 0.15) is 20.3 Å². The molecule has 0 amide bonds. The van der Waals surface area contributed by atoms with Crippen molar-refractivity contribution in [2.75, 3.05) is 19.6 Å². The predicted octanol–water partition coefficient (Wildman–Crippen LogP) is 1.35. The lowest BCUT2D eigenvalue weighted by Gasteiger charge is -2.47. The van der Waals surface area contributed by atoms with Crippen LogP contribution in [0.4, 0.5) is 0 Å². The molecular weight excluding hydrogens is 122 g/mol. The van der Waals surface area contributed by atoms with Gasteiger partial charge in [-0.05, 0) is 11.8 Å². The summed E-state index contributed by atoms with van der Waals surface area (Å²) in [4.78, 5) is 2.31. The fourth-order valence-corrected chi connectivity index (χ4v) is 1.50. The molecule has 0 aromatic heterocycles. The van der Waals surface area contributed by atoms with Gasteiger partial charge in [0.05, 0.1) is 6.54 Å². The minimum atomic E-state index is 0.566. The van der Waals surface area contributed by atoms with Gasteiger partial charge < -0.3 is 0 Å². The minimum Gasteiger partial charge on any atom is -0.291 e. The van der Waals surface area contributed by atoms with Gasteiger partial charge in [0.15, 0.2) is 0 Å². The largest absolute Gasteiger partial charge is 0.291 e. The molecule has 0 atom stereocenters. The SMILES string of the molecule is C#CCN1CC(C)(CC)C1. The Balaban J connectivity index is 2.24. The molecule has 0 spiro atoms. The lowest BCUT2D eigenvalue weighted by molar-refractivity contribution is 0.0246. The van der Waals surface area contributed by atoms with Crippen LogP contribution in [0.3, 0.4) is 0 Å². The maximum atomic E-state index is 5.18.